The third-order valence-electron chi connectivity index (χ3n) is 3.46. The van der Waals surface area contributed by atoms with Crippen molar-refractivity contribution in [2.75, 3.05) is 13.6 Å². The number of hydrogen-bond acceptors (Lipinski definition) is 1. The summed E-state index contributed by atoms with van der Waals surface area (Å²) in [6, 6.07) is 4.06. The van der Waals surface area contributed by atoms with Crippen LogP contribution < -0.4 is 5.32 Å². The molecule has 17 heavy (non-hydrogen) atoms. The van der Waals surface area contributed by atoms with Crippen molar-refractivity contribution in [2.24, 2.45) is 5.41 Å². The highest BCUT2D eigenvalue weighted by atomic mass is 35.5. The number of benzene rings is 1. The first-order valence-electron chi connectivity index (χ1n) is 5.65. The SMILES string of the molecule is CNCCC1(C)Cc2cc(Cl)c(Cl)cc2C1.Cl. The third-order valence-corrected chi connectivity index (χ3v) is 4.18. The molecule has 1 nitrogen and oxygen atoms in total. The van der Waals surface area contributed by atoms with Gasteiger partial charge >= 0.3 is 0 Å². The zero-order chi connectivity index (χ0) is 11.8. The summed E-state index contributed by atoms with van der Waals surface area (Å²) in [7, 11) is 2.00. The first-order chi connectivity index (χ1) is 7.54. The van der Waals surface area contributed by atoms with E-state index in [4.69, 9.17) is 23.2 Å². The first kappa shape index (κ1) is 15.1. The Hall–Kier alpha value is 0.0500. The van der Waals surface area contributed by atoms with E-state index in [1.807, 2.05) is 19.2 Å². The Kier molecular flexibility index (Phi) is 5.15. The fraction of sp³-hybridized carbons (Fsp3) is 0.538. The Bertz CT molecular complexity index is 373. The van der Waals surface area contributed by atoms with Crippen molar-refractivity contribution in [1.29, 1.82) is 0 Å². The molecule has 1 N–H and O–H groups in total. The van der Waals surface area contributed by atoms with E-state index >= 15 is 0 Å². The lowest BCUT2D eigenvalue weighted by Crippen LogP contribution is -2.22. The average molecular weight is 295 g/mol. The highest BCUT2D eigenvalue weighted by Crippen LogP contribution is 2.41. The number of fused-ring (bicyclic) bond motifs is 1. The standard InChI is InChI=1S/C13H17Cl2N.ClH/c1-13(3-4-16-2)7-9-5-11(14)12(15)6-10(9)8-13;/h5-6,16H,3-4,7-8H2,1-2H3;1H. The summed E-state index contributed by atoms with van der Waals surface area (Å²) in [5.41, 5.74) is 3.10. The Morgan fingerprint density at radius 1 is 1.18 bits per heavy atom. The van der Waals surface area contributed by atoms with Gasteiger partial charge in [0, 0.05) is 0 Å². The number of halogens is 3. The van der Waals surface area contributed by atoms with Gasteiger partial charge in [-0.05, 0) is 61.5 Å². The van der Waals surface area contributed by atoms with E-state index in [-0.39, 0.29) is 12.4 Å². The molecule has 1 aliphatic carbocycles. The molecule has 0 radical (unpaired) electrons. The normalized spacial score (nSPS) is 16.5. The van der Waals surface area contributed by atoms with Crippen molar-refractivity contribution in [3.8, 4) is 0 Å². The van der Waals surface area contributed by atoms with Crippen LogP contribution in [0.4, 0.5) is 0 Å². The van der Waals surface area contributed by atoms with Gasteiger partial charge in [0.2, 0.25) is 0 Å². The van der Waals surface area contributed by atoms with Crippen LogP contribution >= 0.6 is 35.6 Å². The first-order valence-corrected chi connectivity index (χ1v) is 6.41. The lowest BCUT2D eigenvalue weighted by atomic mass is 9.84. The van der Waals surface area contributed by atoms with E-state index in [9.17, 15) is 0 Å². The molecule has 0 spiro atoms. The summed E-state index contributed by atoms with van der Waals surface area (Å²) < 4.78 is 0. The van der Waals surface area contributed by atoms with E-state index in [0.717, 1.165) is 19.4 Å². The van der Waals surface area contributed by atoms with Gasteiger partial charge in [0.25, 0.3) is 0 Å². The van der Waals surface area contributed by atoms with Crippen LogP contribution in [0, 0.1) is 5.41 Å². The van der Waals surface area contributed by atoms with E-state index in [1.165, 1.54) is 17.5 Å². The maximum atomic E-state index is 6.05. The van der Waals surface area contributed by atoms with Crippen LogP contribution in [-0.4, -0.2) is 13.6 Å². The summed E-state index contributed by atoms with van der Waals surface area (Å²) in [4.78, 5) is 0. The largest absolute Gasteiger partial charge is 0.320 e. The molecule has 0 unspecified atom stereocenters. The molecule has 2 rings (SSSR count). The van der Waals surface area contributed by atoms with Crippen molar-refractivity contribution < 1.29 is 0 Å². The molecule has 0 aliphatic heterocycles. The minimum Gasteiger partial charge on any atom is -0.320 e. The minimum atomic E-state index is 0. The molecule has 0 bridgehead atoms. The lowest BCUT2D eigenvalue weighted by molar-refractivity contribution is 0.314. The maximum Gasteiger partial charge on any atom is 0.0595 e. The predicted molar refractivity (Wildman–Crippen MR) is 77.8 cm³/mol. The summed E-state index contributed by atoms with van der Waals surface area (Å²) >= 11 is 12.1. The molecule has 0 fully saturated rings. The zero-order valence-electron chi connectivity index (χ0n) is 10.1. The Labute approximate surface area is 119 Å². The molecule has 0 atom stereocenters. The molecule has 0 saturated carbocycles. The van der Waals surface area contributed by atoms with E-state index in [0.29, 0.717) is 15.5 Å². The van der Waals surface area contributed by atoms with Gasteiger partial charge < -0.3 is 5.32 Å². The molecular formula is C13H18Cl3N. The second-order valence-corrected chi connectivity index (χ2v) is 5.87. The van der Waals surface area contributed by atoms with Gasteiger partial charge in [-0.15, -0.1) is 12.4 Å². The molecule has 1 aromatic carbocycles. The Morgan fingerprint density at radius 2 is 1.65 bits per heavy atom. The van der Waals surface area contributed by atoms with Crippen LogP contribution in [0.3, 0.4) is 0 Å². The average Bonchev–Trinajstić information content (AvgIpc) is 2.53. The molecule has 4 heteroatoms. The van der Waals surface area contributed by atoms with Crippen molar-refractivity contribution in [1.82, 2.24) is 5.32 Å². The van der Waals surface area contributed by atoms with Crippen LogP contribution in [-0.2, 0) is 12.8 Å². The number of rotatable bonds is 3. The van der Waals surface area contributed by atoms with E-state index in [2.05, 4.69) is 12.2 Å². The van der Waals surface area contributed by atoms with Crippen molar-refractivity contribution in [3.05, 3.63) is 33.3 Å². The third kappa shape index (κ3) is 3.29. The molecule has 0 saturated heterocycles. The second-order valence-electron chi connectivity index (χ2n) is 5.05. The highest BCUT2D eigenvalue weighted by Gasteiger charge is 2.32. The fourth-order valence-electron chi connectivity index (χ4n) is 2.54. The predicted octanol–water partition coefficient (Wildman–Crippen LogP) is 4.13. The van der Waals surface area contributed by atoms with E-state index < -0.39 is 0 Å². The van der Waals surface area contributed by atoms with Crippen LogP contribution in [0.1, 0.15) is 24.5 Å². The molecule has 96 valence electrons. The summed E-state index contributed by atoms with van der Waals surface area (Å²) in [5, 5.41) is 4.58. The smallest absolute Gasteiger partial charge is 0.0595 e. The van der Waals surface area contributed by atoms with Gasteiger partial charge in [0.1, 0.15) is 0 Å². The van der Waals surface area contributed by atoms with Gasteiger partial charge in [0.15, 0.2) is 0 Å². The molecule has 0 heterocycles. The van der Waals surface area contributed by atoms with Crippen molar-refractivity contribution in [2.45, 2.75) is 26.2 Å². The molecule has 0 amide bonds. The maximum absolute atomic E-state index is 6.05. The molecule has 0 aromatic heterocycles. The van der Waals surface area contributed by atoms with Gasteiger partial charge in [-0.1, -0.05) is 30.1 Å². The quantitative estimate of drug-likeness (QED) is 0.884. The summed E-state index contributed by atoms with van der Waals surface area (Å²) in [6.07, 6.45) is 3.41. The number of hydrogen-bond donors (Lipinski definition) is 1. The van der Waals surface area contributed by atoms with Crippen molar-refractivity contribution in [3.63, 3.8) is 0 Å². The van der Waals surface area contributed by atoms with Crippen LogP contribution in [0.2, 0.25) is 10.0 Å². The van der Waals surface area contributed by atoms with Gasteiger partial charge in [0.05, 0.1) is 10.0 Å². The second kappa shape index (κ2) is 5.79. The lowest BCUT2D eigenvalue weighted by Gasteiger charge is -2.23. The van der Waals surface area contributed by atoms with Gasteiger partial charge in [-0.2, -0.15) is 0 Å². The fourth-order valence-corrected chi connectivity index (χ4v) is 2.92. The Balaban J connectivity index is 0.00000144. The minimum absolute atomic E-state index is 0. The van der Waals surface area contributed by atoms with E-state index in [1.54, 1.807) is 0 Å². The molecule has 1 aliphatic rings. The van der Waals surface area contributed by atoms with Crippen LogP contribution in [0.5, 0.6) is 0 Å². The molecule has 1 aromatic rings. The van der Waals surface area contributed by atoms with Crippen LogP contribution in [0.15, 0.2) is 12.1 Å². The van der Waals surface area contributed by atoms with Gasteiger partial charge in [-0.3, -0.25) is 0 Å². The van der Waals surface area contributed by atoms with Crippen LogP contribution in [0.25, 0.3) is 0 Å². The highest BCUT2D eigenvalue weighted by molar-refractivity contribution is 6.42. The Morgan fingerprint density at radius 3 is 2.06 bits per heavy atom. The topological polar surface area (TPSA) is 12.0 Å². The van der Waals surface area contributed by atoms with Crippen molar-refractivity contribution >= 4 is 35.6 Å². The summed E-state index contributed by atoms with van der Waals surface area (Å²) in [5.74, 6) is 0. The monoisotopic (exact) mass is 293 g/mol. The number of nitrogens with one attached hydrogen (secondary N) is 1. The summed E-state index contributed by atoms with van der Waals surface area (Å²) in [6.45, 7) is 3.40. The molecular weight excluding hydrogens is 277 g/mol. The zero-order valence-corrected chi connectivity index (χ0v) is 12.5. The van der Waals surface area contributed by atoms with Gasteiger partial charge in [-0.25, -0.2) is 0 Å².